The Kier molecular flexibility index (Phi) is 6.29. The largest absolute Gasteiger partial charge is 0.455 e. The van der Waals surface area contributed by atoms with Crippen LogP contribution in [0.5, 0.6) is 0 Å². The molecule has 1 atom stereocenters. The number of halogens is 4. The van der Waals surface area contributed by atoms with Crippen LogP contribution < -0.4 is 5.32 Å². The van der Waals surface area contributed by atoms with Crippen molar-refractivity contribution in [3.63, 3.8) is 0 Å². The highest BCUT2D eigenvalue weighted by Gasteiger charge is 2.31. The SMILES string of the molecule is CN[C@@H](CCc1cccc(Cl)c1)C(=O)OCC(F)(F)F. The molecule has 112 valence electrons. The van der Waals surface area contributed by atoms with Crippen molar-refractivity contribution < 1.29 is 22.7 Å². The quantitative estimate of drug-likeness (QED) is 0.821. The number of carbonyl (C=O) groups is 1. The first-order valence-electron chi connectivity index (χ1n) is 5.97. The molecule has 0 bridgehead atoms. The van der Waals surface area contributed by atoms with Crippen molar-refractivity contribution in [2.75, 3.05) is 13.7 Å². The predicted molar refractivity (Wildman–Crippen MR) is 69.6 cm³/mol. The number of carbonyl (C=O) groups excluding carboxylic acids is 1. The summed E-state index contributed by atoms with van der Waals surface area (Å²) in [4.78, 5) is 11.5. The molecule has 0 amide bonds. The molecular weight excluding hydrogens is 295 g/mol. The minimum atomic E-state index is -4.51. The normalized spacial score (nSPS) is 13.1. The van der Waals surface area contributed by atoms with E-state index in [1.807, 2.05) is 6.07 Å². The molecule has 0 aliphatic heterocycles. The predicted octanol–water partition coefficient (Wildman–Crippen LogP) is 2.97. The van der Waals surface area contributed by atoms with Crippen LogP contribution in [0.3, 0.4) is 0 Å². The van der Waals surface area contributed by atoms with Gasteiger partial charge >= 0.3 is 12.1 Å². The molecule has 0 aromatic heterocycles. The summed E-state index contributed by atoms with van der Waals surface area (Å²) in [5.41, 5.74) is 0.904. The van der Waals surface area contributed by atoms with E-state index in [0.717, 1.165) is 5.56 Å². The Morgan fingerprint density at radius 3 is 2.70 bits per heavy atom. The van der Waals surface area contributed by atoms with Gasteiger partial charge in [0.25, 0.3) is 0 Å². The molecule has 0 aliphatic carbocycles. The number of rotatable bonds is 6. The minimum Gasteiger partial charge on any atom is -0.455 e. The van der Waals surface area contributed by atoms with Gasteiger partial charge < -0.3 is 10.1 Å². The molecule has 0 unspecified atom stereocenters. The fraction of sp³-hybridized carbons (Fsp3) is 0.462. The van der Waals surface area contributed by atoms with Crippen LogP contribution in [0.1, 0.15) is 12.0 Å². The number of alkyl halides is 3. The van der Waals surface area contributed by atoms with Crippen molar-refractivity contribution >= 4 is 17.6 Å². The highest BCUT2D eigenvalue weighted by atomic mass is 35.5. The Hall–Kier alpha value is -1.27. The van der Waals surface area contributed by atoms with Crippen molar-refractivity contribution in [2.24, 2.45) is 0 Å². The maximum absolute atomic E-state index is 12.0. The number of hydrogen-bond acceptors (Lipinski definition) is 3. The van der Waals surface area contributed by atoms with E-state index in [9.17, 15) is 18.0 Å². The number of ether oxygens (including phenoxy) is 1. The van der Waals surface area contributed by atoms with Gasteiger partial charge in [-0.15, -0.1) is 0 Å². The van der Waals surface area contributed by atoms with Gasteiger partial charge in [0.05, 0.1) is 0 Å². The topological polar surface area (TPSA) is 38.3 Å². The van der Waals surface area contributed by atoms with Gasteiger partial charge in [0.2, 0.25) is 0 Å². The Morgan fingerprint density at radius 2 is 2.15 bits per heavy atom. The smallest absolute Gasteiger partial charge is 0.422 e. The monoisotopic (exact) mass is 309 g/mol. The van der Waals surface area contributed by atoms with Gasteiger partial charge in [-0.25, -0.2) is 0 Å². The lowest BCUT2D eigenvalue weighted by Gasteiger charge is -2.16. The molecule has 0 heterocycles. The Labute approximate surface area is 120 Å². The van der Waals surface area contributed by atoms with Crippen LogP contribution in [0.4, 0.5) is 13.2 Å². The maximum atomic E-state index is 12.0. The van der Waals surface area contributed by atoms with Crippen LogP contribution in [-0.4, -0.2) is 31.8 Å². The molecule has 0 radical (unpaired) electrons. The van der Waals surface area contributed by atoms with E-state index >= 15 is 0 Å². The van der Waals surface area contributed by atoms with E-state index < -0.39 is 24.8 Å². The second kappa shape index (κ2) is 7.50. The Balaban J connectivity index is 2.48. The zero-order valence-electron chi connectivity index (χ0n) is 10.8. The molecule has 1 N–H and O–H groups in total. The molecule has 3 nitrogen and oxygen atoms in total. The zero-order chi connectivity index (χ0) is 15.2. The molecule has 0 fully saturated rings. The Bertz CT molecular complexity index is 451. The standard InChI is InChI=1S/C13H15ClF3NO2/c1-18-11(12(19)20-8-13(15,16)17)6-5-9-3-2-4-10(14)7-9/h2-4,7,11,18H,5-6,8H2,1H3/t11-/m0/s1. The van der Waals surface area contributed by atoms with E-state index in [-0.39, 0.29) is 0 Å². The summed E-state index contributed by atoms with van der Waals surface area (Å²) >= 11 is 5.82. The number of nitrogens with one attached hydrogen (secondary N) is 1. The van der Waals surface area contributed by atoms with Gasteiger partial charge in [0.1, 0.15) is 6.04 Å². The number of benzene rings is 1. The van der Waals surface area contributed by atoms with Crippen molar-refractivity contribution in [1.29, 1.82) is 0 Å². The molecule has 20 heavy (non-hydrogen) atoms. The van der Waals surface area contributed by atoms with Crippen LogP contribution in [0.25, 0.3) is 0 Å². The third kappa shape index (κ3) is 6.25. The summed E-state index contributed by atoms with van der Waals surface area (Å²) in [5, 5.41) is 3.22. The molecule has 0 spiro atoms. The van der Waals surface area contributed by atoms with E-state index in [2.05, 4.69) is 10.1 Å². The van der Waals surface area contributed by atoms with Gasteiger partial charge in [-0.05, 0) is 37.6 Å². The average Bonchev–Trinajstić information content (AvgIpc) is 2.36. The number of aryl methyl sites for hydroxylation is 1. The average molecular weight is 310 g/mol. The van der Waals surface area contributed by atoms with E-state index in [1.165, 1.54) is 7.05 Å². The summed E-state index contributed by atoms with van der Waals surface area (Å²) in [6.45, 7) is -1.57. The van der Waals surface area contributed by atoms with Gasteiger partial charge in [0, 0.05) is 5.02 Å². The lowest BCUT2D eigenvalue weighted by Crippen LogP contribution is -2.37. The third-order valence-electron chi connectivity index (χ3n) is 2.62. The van der Waals surface area contributed by atoms with E-state index in [0.29, 0.717) is 17.9 Å². The van der Waals surface area contributed by atoms with Crippen LogP contribution in [-0.2, 0) is 16.0 Å². The first kappa shape index (κ1) is 16.8. The van der Waals surface area contributed by atoms with Crippen LogP contribution in [0, 0.1) is 0 Å². The molecule has 0 aliphatic rings. The van der Waals surface area contributed by atoms with Gasteiger partial charge in [0.15, 0.2) is 6.61 Å². The zero-order valence-corrected chi connectivity index (χ0v) is 11.6. The van der Waals surface area contributed by atoms with Crippen LogP contribution in [0.2, 0.25) is 5.02 Å². The summed E-state index contributed by atoms with van der Waals surface area (Å²) in [6.07, 6.45) is -3.68. The molecule has 1 aromatic rings. The van der Waals surface area contributed by atoms with E-state index in [1.54, 1.807) is 18.2 Å². The second-order valence-corrected chi connectivity index (χ2v) is 4.67. The molecule has 1 aromatic carbocycles. The first-order valence-corrected chi connectivity index (χ1v) is 6.34. The lowest BCUT2D eigenvalue weighted by atomic mass is 10.1. The molecule has 0 saturated carbocycles. The minimum absolute atomic E-state index is 0.327. The molecule has 7 heteroatoms. The van der Waals surface area contributed by atoms with Gasteiger partial charge in [-0.2, -0.15) is 13.2 Å². The molecule has 1 rings (SSSR count). The number of likely N-dealkylation sites (N-methyl/N-ethyl adjacent to an activating group) is 1. The van der Waals surface area contributed by atoms with E-state index in [4.69, 9.17) is 11.6 Å². The first-order chi connectivity index (χ1) is 9.31. The fourth-order valence-electron chi connectivity index (χ4n) is 1.64. The third-order valence-corrected chi connectivity index (χ3v) is 2.86. The highest BCUT2D eigenvalue weighted by molar-refractivity contribution is 6.30. The van der Waals surface area contributed by atoms with Crippen molar-refractivity contribution in [3.8, 4) is 0 Å². The number of esters is 1. The second-order valence-electron chi connectivity index (χ2n) is 4.23. The van der Waals surface area contributed by atoms with Crippen molar-refractivity contribution in [3.05, 3.63) is 34.9 Å². The van der Waals surface area contributed by atoms with Crippen molar-refractivity contribution in [1.82, 2.24) is 5.32 Å². The van der Waals surface area contributed by atoms with Gasteiger partial charge in [-0.1, -0.05) is 23.7 Å². The maximum Gasteiger partial charge on any atom is 0.422 e. The van der Waals surface area contributed by atoms with Crippen molar-refractivity contribution in [2.45, 2.75) is 25.1 Å². The van der Waals surface area contributed by atoms with Crippen LogP contribution in [0.15, 0.2) is 24.3 Å². The molecule has 0 saturated heterocycles. The molecular formula is C13H15ClF3NO2. The Morgan fingerprint density at radius 1 is 1.45 bits per heavy atom. The summed E-state index contributed by atoms with van der Waals surface area (Å²) in [5.74, 6) is -0.910. The summed E-state index contributed by atoms with van der Waals surface area (Å²) in [7, 11) is 1.50. The lowest BCUT2D eigenvalue weighted by molar-refractivity contribution is -0.187. The van der Waals surface area contributed by atoms with Crippen LogP contribution >= 0.6 is 11.6 Å². The summed E-state index contributed by atoms with van der Waals surface area (Å²) < 4.78 is 40.1. The van der Waals surface area contributed by atoms with Gasteiger partial charge in [-0.3, -0.25) is 4.79 Å². The summed E-state index contributed by atoms with van der Waals surface area (Å²) in [6, 6.07) is 6.29. The fourth-order valence-corrected chi connectivity index (χ4v) is 1.85. The number of hydrogen-bond donors (Lipinski definition) is 1. The highest BCUT2D eigenvalue weighted by Crippen LogP contribution is 2.16.